The summed E-state index contributed by atoms with van der Waals surface area (Å²) >= 11 is 12.6. The van der Waals surface area contributed by atoms with E-state index in [1.165, 1.54) is 11.3 Å². The van der Waals surface area contributed by atoms with Crippen molar-refractivity contribution in [2.45, 2.75) is 38.6 Å². The van der Waals surface area contributed by atoms with Gasteiger partial charge < -0.3 is 9.64 Å². The maximum absolute atomic E-state index is 6.56. The number of halogens is 2. The van der Waals surface area contributed by atoms with Gasteiger partial charge in [-0.1, -0.05) is 30.1 Å². The SMILES string of the molecule is COc1ccc(Cl)cc1N=Cc1cc2c(cc1Cl)N(C)C(C)(C)CC2C. The Balaban J connectivity index is 2.01. The summed E-state index contributed by atoms with van der Waals surface area (Å²) in [4.78, 5) is 6.87. The monoisotopic (exact) mass is 390 g/mol. The lowest BCUT2D eigenvalue weighted by Crippen LogP contribution is -2.45. The van der Waals surface area contributed by atoms with Crippen molar-refractivity contribution in [2.75, 3.05) is 19.1 Å². The van der Waals surface area contributed by atoms with Crippen LogP contribution in [0.5, 0.6) is 5.75 Å². The van der Waals surface area contributed by atoms with Gasteiger partial charge in [-0.15, -0.1) is 0 Å². The van der Waals surface area contributed by atoms with Gasteiger partial charge in [-0.2, -0.15) is 0 Å². The van der Waals surface area contributed by atoms with Crippen molar-refractivity contribution in [1.82, 2.24) is 0 Å². The predicted octanol–water partition coefficient (Wildman–Crippen LogP) is 6.47. The van der Waals surface area contributed by atoms with Crippen LogP contribution in [-0.4, -0.2) is 25.9 Å². The number of methoxy groups -OCH3 is 1. The quantitative estimate of drug-likeness (QED) is 0.560. The van der Waals surface area contributed by atoms with Crippen LogP contribution in [0, 0.1) is 0 Å². The predicted molar refractivity (Wildman–Crippen MR) is 112 cm³/mol. The molecular formula is C21H24Cl2N2O. The molecule has 1 aliphatic rings. The molecule has 0 amide bonds. The summed E-state index contributed by atoms with van der Waals surface area (Å²) in [6, 6.07) is 9.56. The van der Waals surface area contributed by atoms with Crippen LogP contribution < -0.4 is 9.64 Å². The Morgan fingerprint density at radius 2 is 1.96 bits per heavy atom. The first-order chi connectivity index (χ1) is 12.2. The number of anilines is 1. The molecule has 0 saturated carbocycles. The van der Waals surface area contributed by atoms with E-state index < -0.39 is 0 Å². The summed E-state index contributed by atoms with van der Waals surface area (Å²) in [7, 11) is 3.75. The van der Waals surface area contributed by atoms with Crippen molar-refractivity contribution in [3.05, 3.63) is 51.5 Å². The smallest absolute Gasteiger partial charge is 0.144 e. The highest BCUT2D eigenvalue weighted by atomic mass is 35.5. The largest absolute Gasteiger partial charge is 0.494 e. The number of ether oxygens (including phenoxy) is 1. The number of fused-ring (bicyclic) bond motifs is 1. The van der Waals surface area contributed by atoms with Crippen molar-refractivity contribution in [3.63, 3.8) is 0 Å². The zero-order chi connectivity index (χ0) is 19.1. The van der Waals surface area contributed by atoms with Gasteiger partial charge in [-0.25, -0.2) is 0 Å². The van der Waals surface area contributed by atoms with E-state index in [-0.39, 0.29) is 5.54 Å². The lowest BCUT2D eigenvalue weighted by atomic mass is 9.80. The lowest BCUT2D eigenvalue weighted by Gasteiger charge is -2.45. The summed E-state index contributed by atoms with van der Waals surface area (Å²) in [5, 5.41) is 1.30. The highest BCUT2D eigenvalue weighted by molar-refractivity contribution is 6.33. The second-order valence-corrected chi connectivity index (χ2v) is 8.33. The molecular weight excluding hydrogens is 367 g/mol. The van der Waals surface area contributed by atoms with Crippen LogP contribution in [0.2, 0.25) is 10.0 Å². The Hall–Kier alpha value is -1.71. The molecule has 2 aromatic rings. The van der Waals surface area contributed by atoms with E-state index in [1.54, 1.807) is 25.5 Å². The molecule has 1 aliphatic heterocycles. The van der Waals surface area contributed by atoms with E-state index in [2.05, 4.69) is 43.8 Å². The molecule has 0 radical (unpaired) electrons. The topological polar surface area (TPSA) is 24.8 Å². The molecule has 1 unspecified atom stereocenters. The summed E-state index contributed by atoms with van der Waals surface area (Å²) in [6.45, 7) is 6.80. The van der Waals surface area contributed by atoms with E-state index in [9.17, 15) is 0 Å². The molecule has 0 saturated heterocycles. The third-order valence-corrected chi connectivity index (χ3v) is 5.80. The highest BCUT2D eigenvalue weighted by Gasteiger charge is 2.34. The van der Waals surface area contributed by atoms with Crippen LogP contribution in [0.4, 0.5) is 11.4 Å². The number of hydrogen-bond donors (Lipinski definition) is 0. The molecule has 1 atom stereocenters. The number of hydrogen-bond acceptors (Lipinski definition) is 3. The molecule has 3 rings (SSSR count). The maximum Gasteiger partial charge on any atom is 0.144 e. The summed E-state index contributed by atoms with van der Waals surface area (Å²) < 4.78 is 5.35. The minimum Gasteiger partial charge on any atom is -0.494 e. The second-order valence-electron chi connectivity index (χ2n) is 7.48. The van der Waals surface area contributed by atoms with Gasteiger partial charge in [-0.3, -0.25) is 4.99 Å². The standard InChI is InChI=1S/C21H24Cl2N2O/c1-13-11-21(2,3)25(4)19-10-17(23)14(8-16(13)19)12-24-18-9-15(22)6-7-20(18)26-5/h6-10,12-13H,11H2,1-5H3. The number of rotatable bonds is 3. The molecule has 0 bridgehead atoms. The van der Waals surface area contributed by atoms with Gasteiger partial charge in [0, 0.05) is 35.1 Å². The normalized spacial score (nSPS) is 18.9. The van der Waals surface area contributed by atoms with Gasteiger partial charge in [-0.05, 0) is 62.1 Å². The van der Waals surface area contributed by atoms with Crippen LogP contribution in [0.1, 0.15) is 44.2 Å². The molecule has 138 valence electrons. The molecule has 1 heterocycles. The third kappa shape index (κ3) is 3.56. The maximum atomic E-state index is 6.56. The fraction of sp³-hybridized carbons (Fsp3) is 0.381. The van der Waals surface area contributed by atoms with Crippen molar-refractivity contribution in [2.24, 2.45) is 4.99 Å². The van der Waals surface area contributed by atoms with Crippen molar-refractivity contribution < 1.29 is 4.74 Å². The van der Waals surface area contributed by atoms with Crippen LogP contribution in [0.25, 0.3) is 0 Å². The fourth-order valence-corrected chi connectivity index (χ4v) is 3.98. The Morgan fingerprint density at radius 3 is 2.65 bits per heavy atom. The lowest BCUT2D eigenvalue weighted by molar-refractivity contribution is 0.395. The zero-order valence-corrected chi connectivity index (χ0v) is 17.3. The molecule has 0 spiro atoms. The van der Waals surface area contributed by atoms with Gasteiger partial charge in [0.1, 0.15) is 11.4 Å². The van der Waals surface area contributed by atoms with E-state index in [0.717, 1.165) is 12.0 Å². The first-order valence-corrected chi connectivity index (χ1v) is 9.43. The highest BCUT2D eigenvalue weighted by Crippen LogP contribution is 2.44. The van der Waals surface area contributed by atoms with Crippen LogP contribution in [-0.2, 0) is 0 Å². The average molecular weight is 391 g/mol. The molecule has 5 heteroatoms. The zero-order valence-electron chi connectivity index (χ0n) is 15.8. The molecule has 2 aromatic carbocycles. The van der Waals surface area contributed by atoms with Gasteiger partial charge >= 0.3 is 0 Å². The minimum atomic E-state index is 0.111. The average Bonchev–Trinajstić information content (AvgIpc) is 2.58. The number of benzene rings is 2. The third-order valence-electron chi connectivity index (χ3n) is 5.24. The summed E-state index contributed by atoms with van der Waals surface area (Å²) in [6.07, 6.45) is 2.88. The first kappa shape index (κ1) is 19.1. The van der Waals surface area contributed by atoms with Crippen LogP contribution in [0.3, 0.4) is 0 Å². The van der Waals surface area contributed by atoms with Crippen LogP contribution >= 0.6 is 23.2 Å². The van der Waals surface area contributed by atoms with E-state index in [0.29, 0.717) is 27.4 Å². The fourth-order valence-electron chi connectivity index (χ4n) is 3.61. The van der Waals surface area contributed by atoms with Crippen molar-refractivity contribution >= 4 is 40.8 Å². The molecule has 0 N–H and O–H groups in total. The number of aliphatic imine (C=N–C) groups is 1. The van der Waals surface area contributed by atoms with Crippen molar-refractivity contribution in [3.8, 4) is 5.75 Å². The van der Waals surface area contributed by atoms with Crippen molar-refractivity contribution in [1.29, 1.82) is 0 Å². The van der Waals surface area contributed by atoms with Gasteiger partial charge in [0.15, 0.2) is 0 Å². The summed E-state index contributed by atoms with van der Waals surface area (Å²) in [5.74, 6) is 1.14. The van der Waals surface area contributed by atoms with E-state index in [4.69, 9.17) is 27.9 Å². The molecule has 0 fully saturated rings. The Kier molecular flexibility index (Phi) is 5.23. The van der Waals surface area contributed by atoms with Gasteiger partial charge in [0.25, 0.3) is 0 Å². The second kappa shape index (κ2) is 7.13. The molecule has 0 aliphatic carbocycles. The first-order valence-electron chi connectivity index (χ1n) is 8.68. The summed E-state index contributed by atoms with van der Waals surface area (Å²) in [5.41, 5.74) is 4.18. The van der Waals surface area contributed by atoms with E-state index in [1.807, 2.05) is 12.1 Å². The van der Waals surface area contributed by atoms with Gasteiger partial charge in [0.2, 0.25) is 0 Å². The van der Waals surface area contributed by atoms with Crippen LogP contribution in [0.15, 0.2) is 35.3 Å². The minimum absolute atomic E-state index is 0.111. The number of nitrogens with zero attached hydrogens (tertiary/aromatic N) is 2. The Morgan fingerprint density at radius 1 is 1.23 bits per heavy atom. The Labute approximate surface area is 165 Å². The Bertz CT molecular complexity index is 861. The molecule has 3 nitrogen and oxygen atoms in total. The molecule has 26 heavy (non-hydrogen) atoms. The van der Waals surface area contributed by atoms with Gasteiger partial charge in [0.05, 0.1) is 12.1 Å². The molecule has 0 aromatic heterocycles. The van der Waals surface area contributed by atoms with E-state index >= 15 is 0 Å².